The predicted molar refractivity (Wildman–Crippen MR) is 194 cm³/mol. The van der Waals surface area contributed by atoms with E-state index in [0.717, 1.165) is 12.8 Å². The maximum absolute atomic E-state index is 11.8. The average molecular weight is 655 g/mol. The highest BCUT2D eigenvalue weighted by Gasteiger charge is 2.08. The molecule has 0 rings (SSSR count). The van der Waals surface area contributed by atoms with E-state index in [-0.39, 0.29) is 30.1 Å². The molecule has 0 saturated carbocycles. The summed E-state index contributed by atoms with van der Waals surface area (Å²) in [5.74, 6) is -0.381. The molecule has 0 aliphatic heterocycles. The monoisotopic (exact) mass is 655 g/mol. The Kier molecular flexibility index (Phi) is 38.3. The van der Waals surface area contributed by atoms with Gasteiger partial charge in [-0.05, 0) is 53.4 Å². The van der Waals surface area contributed by atoms with Crippen molar-refractivity contribution in [3.05, 3.63) is 0 Å². The number of carbonyl (C=O) groups excluding carboxylic acids is 3. The van der Waals surface area contributed by atoms with Gasteiger partial charge in [0.05, 0.1) is 18.8 Å². The van der Waals surface area contributed by atoms with Crippen LogP contribution in [0.3, 0.4) is 0 Å². The Morgan fingerprint density at radius 1 is 0.370 bits per heavy atom. The maximum atomic E-state index is 11.8. The lowest BCUT2D eigenvalue weighted by atomic mass is 10.1. The molecule has 0 atom stereocenters. The summed E-state index contributed by atoms with van der Waals surface area (Å²) in [6.07, 6.45) is 33.2. The van der Waals surface area contributed by atoms with Crippen LogP contribution in [-0.2, 0) is 28.6 Å². The van der Waals surface area contributed by atoms with Crippen molar-refractivity contribution in [2.75, 3.05) is 6.61 Å². The Labute approximate surface area is 286 Å². The number of carbonyl (C=O) groups is 3. The summed E-state index contributed by atoms with van der Waals surface area (Å²) in [6.45, 7) is 12.5. The van der Waals surface area contributed by atoms with Gasteiger partial charge in [0.15, 0.2) is 0 Å². The second-order valence-corrected chi connectivity index (χ2v) is 13.7. The second-order valence-electron chi connectivity index (χ2n) is 13.7. The quantitative estimate of drug-likeness (QED) is 0.0408. The van der Waals surface area contributed by atoms with Crippen LogP contribution in [0.4, 0.5) is 0 Å². The van der Waals surface area contributed by atoms with Crippen LogP contribution in [0.25, 0.3) is 0 Å². The molecule has 0 bridgehead atoms. The summed E-state index contributed by atoms with van der Waals surface area (Å²) in [6, 6.07) is 0. The van der Waals surface area contributed by atoms with E-state index in [2.05, 4.69) is 13.8 Å². The van der Waals surface area contributed by atoms with Crippen LogP contribution in [0.15, 0.2) is 0 Å². The van der Waals surface area contributed by atoms with Gasteiger partial charge in [-0.1, -0.05) is 149 Å². The first-order valence-electron chi connectivity index (χ1n) is 19.8. The smallest absolute Gasteiger partial charge is 0.306 e. The molecule has 0 aliphatic carbocycles. The Hall–Kier alpha value is -1.59. The summed E-state index contributed by atoms with van der Waals surface area (Å²) in [7, 11) is 0. The minimum absolute atomic E-state index is 0.0222. The molecule has 0 heterocycles. The van der Waals surface area contributed by atoms with E-state index in [1.54, 1.807) is 0 Å². The average Bonchev–Trinajstić information content (AvgIpc) is 3.00. The third kappa shape index (κ3) is 42.4. The molecule has 0 N–H and O–H groups in total. The lowest BCUT2D eigenvalue weighted by molar-refractivity contribution is -0.149. The first kappa shape index (κ1) is 46.5. The van der Waals surface area contributed by atoms with Crippen LogP contribution >= 0.6 is 0 Å². The van der Waals surface area contributed by atoms with Crippen LogP contribution in [0, 0.1) is 0 Å². The number of unbranched alkanes of at least 4 members (excludes halogenated alkanes) is 22. The van der Waals surface area contributed by atoms with Crippen LogP contribution in [-0.4, -0.2) is 36.7 Å². The lowest BCUT2D eigenvalue weighted by Crippen LogP contribution is -2.12. The molecule has 0 fully saturated rings. The van der Waals surface area contributed by atoms with Gasteiger partial charge in [0.25, 0.3) is 0 Å². The van der Waals surface area contributed by atoms with Gasteiger partial charge in [0.2, 0.25) is 0 Å². The van der Waals surface area contributed by atoms with Crippen molar-refractivity contribution in [2.24, 2.45) is 0 Å². The van der Waals surface area contributed by atoms with Crippen LogP contribution in [0.2, 0.25) is 0 Å². The predicted octanol–water partition coefficient (Wildman–Crippen LogP) is 12.4. The molecule has 46 heavy (non-hydrogen) atoms. The van der Waals surface area contributed by atoms with Gasteiger partial charge >= 0.3 is 17.9 Å². The standard InChI is InChI=1S/C28H56O2.C12H22O4/c1-3-5-7-9-11-13-15-17-19-21-23-25-27-30-28(29)26-24-22-20-18-16-14-12-10-8-6-4-2;1-9(2)15-11(13)7-5-6-8-12(14)16-10(3)4/h3-27H2,1-2H3;9-10H,5-8H2,1-4H3. The summed E-state index contributed by atoms with van der Waals surface area (Å²) in [5, 5.41) is 0. The highest BCUT2D eigenvalue weighted by Crippen LogP contribution is 2.14. The van der Waals surface area contributed by atoms with Crippen LogP contribution < -0.4 is 0 Å². The van der Waals surface area contributed by atoms with E-state index in [1.165, 1.54) is 135 Å². The summed E-state index contributed by atoms with van der Waals surface area (Å²) >= 11 is 0. The lowest BCUT2D eigenvalue weighted by Gasteiger charge is -2.08. The van der Waals surface area contributed by atoms with Gasteiger partial charge in [0.1, 0.15) is 0 Å². The van der Waals surface area contributed by atoms with Gasteiger partial charge in [-0.15, -0.1) is 0 Å². The molecule has 0 aromatic heterocycles. The molecule has 0 spiro atoms. The molecular formula is C40H78O6. The van der Waals surface area contributed by atoms with Crippen molar-refractivity contribution in [2.45, 2.75) is 234 Å². The van der Waals surface area contributed by atoms with E-state index in [1.807, 2.05) is 27.7 Å². The zero-order valence-corrected chi connectivity index (χ0v) is 31.6. The van der Waals surface area contributed by atoms with Crippen LogP contribution in [0.5, 0.6) is 0 Å². The molecule has 0 saturated heterocycles. The number of ether oxygens (including phenoxy) is 3. The van der Waals surface area contributed by atoms with Crippen LogP contribution in [0.1, 0.15) is 221 Å². The van der Waals surface area contributed by atoms with Gasteiger partial charge in [-0.25, -0.2) is 0 Å². The Morgan fingerprint density at radius 3 is 0.957 bits per heavy atom. The fraction of sp³-hybridized carbons (Fsp3) is 0.925. The minimum Gasteiger partial charge on any atom is -0.466 e. The van der Waals surface area contributed by atoms with Gasteiger partial charge in [-0.2, -0.15) is 0 Å². The minimum atomic E-state index is -0.202. The maximum Gasteiger partial charge on any atom is 0.306 e. The van der Waals surface area contributed by atoms with E-state index in [0.29, 0.717) is 38.7 Å². The molecule has 0 radical (unpaired) electrons. The normalized spacial score (nSPS) is 11.0. The van der Waals surface area contributed by atoms with Crippen molar-refractivity contribution < 1.29 is 28.6 Å². The summed E-state index contributed by atoms with van der Waals surface area (Å²) in [5.41, 5.74) is 0. The van der Waals surface area contributed by atoms with Crippen molar-refractivity contribution in [1.29, 1.82) is 0 Å². The topological polar surface area (TPSA) is 78.9 Å². The largest absolute Gasteiger partial charge is 0.466 e. The third-order valence-corrected chi connectivity index (χ3v) is 7.99. The summed E-state index contributed by atoms with van der Waals surface area (Å²) in [4.78, 5) is 34.1. The Bertz CT molecular complexity index is 636. The first-order chi connectivity index (χ1) is 22.2. The molecule has 0 aliphatic rings. The van der Waals surface area contributed by atoms with E-state index in [4.69, 9.17) is 14.2 Å². The highest BCUT2D eigenvalue weighted by atomic mass is 16.5. The SMILES string of the molecule is CC(C)OC(=O)CCCCC(=O)OC(C)C.CCCCCCCCCCCCCCOC(=O)CCCCCCCCCCCCC. The number of hydrogen-bond acceptors (Lipinski definition) is 6. The first-order valence-corrected chi connectivity index (χ1v) is 19.8. The second kappa shape index (κ2) is 37.9. The fourth-order valence-corrected chi connectivity index (χ4v) is 5.32. The van der Waals surface area contributed by atoms with Gasteiger partial charge in [0, 0.05) is 19.3 Å². The number of hydrogen-bond donors (Lipinski definition) is 0. The van der Waals surface area contributed by atoms with Crippen molar-refractivity contribution in [3.63, 3.8) is 0 Å². The molecular weight excluding hydrogens is 576 g/mol. The molecule has 6 nitrogen and oxygen atoms in total. The summed E-state index contributed by atoms with van der Waals surface area (Å²) < 4.78 is 15.3. The fourth-order valence-electron chi connectivity index (χ4n) is 5.32. The highest BCUT2D eigenvalue weighted by molar-refractivity contribution is 5.70. The molecule has 0 amide bonds. The Balaban J connectivity index is 0. The zero-order chi connectivity index (χ0) is 34.5. The number of esters is 3. The van der Waals surface area contributed by atoms with Crippen molar-refractivity contribution >= 4 is 17.9 Å². The number of rotatable bonds is 32. The molecule has 0 aromatic rings. The molecule has 0 unspecified atom stereocenters. The molecule has 0 aromatic carbocycles. The third-order valence-electron chi connectivity index (χ3n) is 7.99. The Morgan fingerprint density at radius 2 is 0.630 bits per heavy atom. The molecule has 6 heteroatoms. The molecule has 274 valence electrons. The van der Waals surface area contributed by atoms with Gasteiger partial charge < -0.3 is 14.2 Å². The van der Waals surface area contributed by atoms with Crippen molar-refractivity contribution in [3.8, 4) is 0 Å². The van der Waals surface area contributed by atoms with Crippen molar-refractivity contribution in [1.82, 2.24) is 0 Å². The zero-order valence-electron chi connectivity index (χ0n) is 31.6. The van der Waals surface area contributed by atoms with E-state index >= 15 is 0 Å². The van der Waals surface area contributed by atoms with E-state index in [9.17, 15) is 14.4 Å². The van der Waals surface area contributed by atoms with E-state index < -0.39 is 0 Å². The van der Waals surface area contributed by atoms with Gasteiger partial charge in [-0.3, -0.25) is 14.4 Å².